The molecule has 29 heavy (non-hydrogen) atoms. The molecule has 12 heteroatoms. The molecule has 0 aliphatic carbocycles. The van der Waals surface area contributed by atoms with Gasteiger partial charge in [0, 0.05) is 25.0 Å². The summed E-state index contributed by atoms with van der Waals surface area (Å²) < 4.78 is 104. The van der Waals surface area contributed by atoms with Crippen molar-refractivity contribution >= 4 is 19.9 Å². The molecule has 1 aliphatic rings. The van der Waals surface area contributed by atoms with Crippen LogP contribution >= 0.6 is 0 Å². The third kappa shape index (κ3) is 4.75. The molecule has 0 N–H and O–H groups in total. The summed E-state index contributed by atoms with van der Waals surface area (Å²) in [6.07, 6.45) is -2.24. The van der Waals surface area contributed by atoms with Gasteiger partial charge in [0.2, 0.25) is 10.0 Å². The van der Waals surface area contributed by atoms with E-state index in [-0.39, 0.29) is 24.8 Å². The molecule has 158 valence electrons. The van der Waals surface area contributed by atoms with Gasteiger partial charge >= 0.3 is 6.18 Å². The summed E-state index contributed by atoms with van der Waals surface area (Å²) in [6.45, 7) is -0.283. The molecule has 2 heterocycles. The van der Waals surface area contributed by atoms with Crippen molar-refractivity contribution in [1.29, 1.82) is 0 Å². The van der Waals surface area contributed by atoms with Crippen LogP contribution in [0.15, 0.2) is 47.6 Å². The second-order valence-corrected chi connectivity index (χ2v) is 10.7. The molecule has 0 bridgehead atoms. The van der Waals surface area contributed by atoms with Crippen LogP contribution in [0.5, 0.6) is 0 Å². The van der Waals surface area contributed by atoms with Gasteiger partial charge in [0.25, 0.3) is 0 Å². The predicted molar refractivity (Wildman–Crippen MR) is 95.4 cm³/mol. The lowest BCUT2D eigenvalue weighted by atomic mass is 10.2. The Balaban J connectivity index is 2.07. The maximum Gasteiger partial charge on any atom is 0.419 e. The van der Waals surface area contributed by atoms with Crippen molar-refractivity contribution in [1.82, 2.24) is 9.29 Å². The average molecular weight is 452 g/mol. The quantitative estimate of drug-likeness (QED) is 0.652. The van der Waals surface area contributed by atoms with Crippen LogP contribution in [0, 0.1) is 5.82 Å². The van der Waals surface area contributed by atoms with E-state index in [1.165, 1.54) is 12.4 Å². The van der Waals surface area contributed by atoms with Gasteiger partial charge in [0.05, 0.1) is 22.0 Å². The van der Waals surface area contributed by atoms with E-state index in [4.69, 9.17) is 0 Å². The van der Waals surface area contributed by atoms with E-state index < -0.39 is 54.1 Å². The molecule has 1 aromatic carbocycles. The number of pyridine rings is 1. The van der Waals surface area contributed by atoms with Gasteiger partial charge in [-0.25, -0.2) is 21.2 Å². The molecule has 0 radical (unpaired) electrons. The Morgan fingerprint density at radius 1 is 1.21 bits per heavy atom. The van der Waals surface area contributed by atoms with Gasteiger partial charge in [-0.1, -0.05) is 6.07 Å². The zero-order chi connectivity index (χ0) is 21.4. The maximum absolute atomic E-state index is 13.6. The van der Waals surface area contributed by atoms with Crippen molar-refractivity contribution in [2.45, 2.75) is 30.1 Å². The topological polar surface area (TPSA) is 84.4 Å². The Hall–Kier alpha value is -2.05. The van der Waals surface area contributed by atoms with Crippen LogP contribution in [0.3, 0.4) is 0 Å². The number of hydrogen-bond acceptors (Lipinski definition) is 5. The van der Waals surface area contributed by atoms with E-state index in [1.54, 1.807) is 12.1 Å². The lowest BCUT2D eigenvalue weighted by Crippen LogP contribution is -2.40. The van der Waals surface area contributed by atoms with E-state index in [0.29, 0.717) is 11.6 Å². The van der Waals surface area contributed by atoms with Crippen molar-refractivity contribution in [2.24, 2.45) is 0 Å². The molecule has 1 aromatic heterocycles. The van der Waals surface area contributed by atoms with Crippen LogP contribution in [0.1, 0.15) is 17.5 Å². The molecule has 0 amide bonds. The number of halogens is 4. The van der Waals surface area contributed by atoms with Crippen LogP contribution in [0.4, 0.5) is 17.6 Å². The Bertz CT molecular complexity index is 1100. The first-order chi connectivity index (χ1) is 13.4. The van der Waals surface area contributed by atoms with Gasteiger partial charge < -0.3 is 0 Å². The standard InChI is InChI=1S/C17H16F4N2O4S2/c18-16-4-3-14(8-15(16)17(19,20)21)29(26,27)23(10-12-2-1-6-22-9-12)13-5-7-28(24,25)11-13/h1-4,6,8-9,13H,5,7,10-11H2. The van der Waals surface area contributed by atoms with Crippen molar-refractivity contribution in [3.63, 3.8) is 0 Å². The highest BCUT2D eigenvalue weighted by Gasteiger charge is 2.41. The Morgan fingerprint density at radius 2 is 1.93 bits per heavy atom. The van der Waals surface area contributed by atoms with Gasteiger partial charge in [-0.3, -0.25) is 4.98 Å². The first kappa shape index (κ1) is 21.7. The Morgan fingerprint density at radius 3 is 2.48 bits per heavy atom. The molecule has 0 saturated carbocycles. The zero-order valence-corrected chi connectivity index (χ0v) is 16.4. The fourth-order valence-electron chi connectivity index (χ4n) is 3.10. The van der Waals surface area contributed by atoms with Gasteiger partial charge in [0.15, 0.2) is 9.84 Å². The number of sulfonamides is 1. The predicted octanol–water partition coefficient (Wildman–Crippen LogP) is 2.62. The highest BCUT2D eigenvalue weighted by atomic mass is 32.2. The summed E-state index contributed by atoms with van der Waals surface area (Å²) in [5.41, 5.74) is -1.28. The summed E-state index contributed by atoms with van der Waals surface area (Å²) in [5.74, 6) is -2.27. The molecule has 3 rings (SSSR count). The first-order valence-electron chi connectivity index (χ1n) is 8.38. The number of alkyl halides is 3. The lowest BCUT2D eigenvalue weighted by molar-refractivity contribution is -0.140. The molecular formula is C17H16F4N2O4S2. The number of sulfone groups is 1. The summed E-state index contributed by atoms with van der Waals surface area (Å²) >= 11 is 0. The monoisotopic (exact) mass is 452 g/mol. The minimum absolute atomic E-state index is 0.00908. The van der Waals surface area contributed by atoms with Crippen molar-refractivity contribution in [3.05, 3.63) is 59.7 Å². The SMILES string of the molecule is O=S1(=O)CCC(N(Cc2cccnc2)S(=O)(=O)c2ccc(F)c(C(F)(F)F)c2)C1. The van der Waals surface area contributed by atoms with E-state index >= 15 is 0 Å². The number of hydrogen-bond donors (Lipinski definition) is 0. The summed E-state index contributed by atoms with van der Waals surface area (Å²) in [4.78, 5) is 3.10. The normalized spacial score (nSPS) is 19.6. The number of nitrogens with zero attached hydrogens (tertiary/aromatic N) is 2. The van der Waals surface area contributed by atoms with E-state index in [1.807, 2.05) is 0 Å². The largest absolute Gasteiger partial charge is 0.419 e. The second kappa shape index (κ2) is 7.65. The zero-order valence-electron chi connectivity index (χ0n) is 14.8. The van der Waals surface area contributed by atoms with E-state index in [2.05, 4.69) is 4.98 Å². The van der Waals surface area contributed by atoms with Crippen molar-refractivity contribution < 1.29 is 34.4 Å². The number of benzene rings is 1. The number of rotatable bonds is 5. The minimum atomic E-state index is -5.08. The van der Waals surface area contributed by atoms with Crippen LogP contribution < -0.4 is 0 Å². The van der Waals surface area contributed by atoms with Crippen molar-refractivity contribution in [3.8, 4) is 0 Å². The molecular weight excluding hydrogens is 436 g/mol. The van der Waals surface area contributed by atoms with Gasteiger partial charge in [-0.05, 0) is 36.2 Å². The van der Waals surface area contributed by atoms with Gasteiger partial charge in [-0.2, -0.15) is 17.5 Å². The molecule has 0 spiro atoms. The molecule has 1 fully saturated rings. The third-order valence-electron chi connectivity index (χ3n) is 4.53. The van der Waals surface area contributed by atoms with Crippen LogP contribution in [0.25, 0.3) is 0 Å². The third-order valence-corrected chi connectivity index (χ3v) is 8.17. The molecule has 2 aromatic rings. The molecule has 6 nitrogen and oxygen atoms in total. The number of aromatic nitrogens is 1. The maximum atomic E-state index is 13.6. The highest BCUT2D eigenvalue weighted by molar-refractivity contribution is 7.92. The molecule has 1 atom stereocenters. The fourth-order valence-corrected chi connectivity index (χ4v) is 6.60. The highest BCUT2D eigenvalue weighted by Crippen LogP contribution is 2.34. The van der Waals surface area contributed by atoms with Gasteiger partial charge in [-0.15, -0.1) is 0 Å². The van der Waals surface area contributed by atoms with E-state index in [0.717, 1.165) is 10.4 Å². The summed E-state index contributed by atoms with van der Waals surface area (Å²) in [6, 6.07) is 3.55. The molecule has 1 saturated heterocycles. The first-order valence-corrected chi connectivity index (χ1v) is 11.6. The van der Waals surface area contributed by atoms with Crippen LogP contribution in [0.2, 0.25) is 0 Å². The summed E-state index contributed by atoms with van der Waals surface area (Å²) in [5, 5.41) is 0. The van der Waals surface area contributed by atoms with E-state index in [9.17, 15) is 34.4 Å². The smallest absolute Gasteiger partial charge is 0.264 e. The van der Waals surface area contributed by atoms with Crippen molar-refractivity contribution in [2.75, 3.05) is 11.5 Å². The van der Waals surface area contributed by atoms with Crippen LogP contribution in [-0.4, -0.2) is 43.7 Å². The fraction of sp³-hybridized carbons (Fsp3) is 0.353. The molecule has 1 aliphatic heterocycles. The second-order valence-electron chi connectivity index (χ2n) is 6.61. The summed E-state index contributed by atoms with van der Waals surface area (Å²) in [7, 11) is -8.03. The van der Waals surface area contributed by atoms with Gasteiger partial charge in [0.1, 0.15) is 5.82 Å². The Labute approximate surface area is 165 Å². The minimum Gasteiger partial charge on any atom is -0.264 e. The Kier molecular flexibility index (Phi) is 5.71. The van der Waals surface area contributed by atoms with Crippen LogP contribution in [-0.2, 0) is 32.6 Å². The lowest BCUT2D eigenvalue weighted by Gasteiger charge is -2.27. The molecule has 1 unspecified atom stereocenters. The average Bonchev–Trinajstić information content (AvgIpc) is 2.99.